The SMILES string of the molecule is C=CC(=O)N1CC[C@@H](Nc2ncc(-c3ccc(C(F)(F)F)cn3)c3ncccc23)C1. The highest BCUT2D eigenvalue weighted by molar-refractivity contribution is 5.98. The summed E-state index contributed by atoms with van der Waals surface area (Å²) in [5.74, 6) is 0.495. The van der Waals surface area contributed by atoms with Crippen LogP contribution in [0.25, 0.3) is 22.2 Å². The second-order valence-electron chi connectivity index (χ2n) is 6.97. The fourth-order valence-corrected chi connectivity index (χ4v) is 3.49. The number of alkyl halides is 3. The number of carbonyl (C=O) groups excluding carboxylic acids is 1. The minimum Gasteiger partial charge on any atom is -0.365 e. The third kappa shape index (κ3) is 3.83. The first kappa shape index (κ1) is 19.8. The molecular formula is C21H18F3N5O. The Hall–Kier alpha value is -3.49. The maximum atomic E-state index is 12.8. The molecule has 9 heteroatoms. The van der Waals surface area contributed by atoms with Crippen LogP contribution in [0, 0.1) is 0 Å². The van der Waals surface area contributed by atoms with E-state index >= 15 is 0 Å². The Balaban J connectivity index is 1.64. The number of fused-ring (bicyclic) bond motifs is 1. The van der Waals surface area contributed by atoms with E-state index in [4.69, 9.17) is 0 Å². The molecule has 1 aliphatic rings. The van der Waals surface area contributed by atoms with Gasteiger partial charge < -0.3 is 10.2 Å². The number of pyridine rings is 3. The summed E-state index contributed by atoms with van der Waals surface area (Å²) in [4.78, 5) is 26.3. The van der Waals surface area contributed by atoms with Gasteiger partial charge in [-0.1, -0.05) is 6.58 Å². The van der Waals surface area contributed by atoms with Gasteiger partial charge in [-0.25, -0.2) is 4.98 Å². The minimum atomic E-state index is -4.44. The Morgan fingerprint density at radius 2 is 2.03 bits per heavy atom. The van der Waals surface area contributed by atoms with E-state index < -0.39 is 11.7 Å². The van der Waals surface area contributed by atoms with Crippen LogP contribution in [0.3, 0.4) is 0 Å². The molecule has 4 heterocycles. The largest absolute Gasteiger partial charge is 0.417 e. The van der Waals surface area contributed by atoms with Crippen molar-refractivity contribution in [1.82, 2.24) is 19.9 Å². The Morgan fingerprint density at radius 1 is 1.20 bits per heavy atom. The molecule has 3 aromatic heterocycles. The number of likely N-dealkylation sites (tertiary alicyclic amines) is 1. The molecule has 1 aliphatic heterocycles. The summed E-state index contributed by atoms with van der Waals surface area (Å²) in [5.41, 5.74) is 0.669. The van der Waals surface area contributed by atoms with Crippen LogP contribution in [0.5, 0.6) is 0 Å². The van der Waals surface area contributed by atoms with Gasteiger partial charge in [0.2, 0.25) is 5.91 Å². The molecule has 0 unspecified atom stereocenters. The average molecular weight is 413 g/mol. The molecule has 0 spiro atoms. The lowest BCUT2D eigenvalue weighted by molar-refractivity contribution is -0.137. The fourth-order valence-electron chi connectivity index (χ4n) is 3.49. The van der Waals surface area contributed by atoms with E-state index in [1.807, 2.05) is 6.07 Å². The molecule has 0 saturated carbocycles. The van der Waals surface area contributed by atoms with E-state index in [0.717, 1.165) is 24.1 Å². The van der Waals surface area contributed by atoms with Crippen LogP contribution in [0.2, 0.25) is 0 Å². The predicted molar refractivity (Wildman–Crippen MR) is 107 cm³/mol. The van der Waals surface area contributed by atoms with Crippen molar-refractivity contribution in [2.24, 2.45) is 0 Å². The number of hydrogen-bond acceptors (Lipinski definition) is 5. The van der Waals surface area contributed by atoms with Crippen LogP contribution >= 0.6 is 0 Å². The lowest BCUT2D eigenvalue weighted by Crippen LogP contribution is -2.30. The highest BCUT2D eigenvalue weighted by Gasteiger charge is 2.31. The highest BCUT2D eigenvalue weighted by Crippen LogP contribution is 2.33. The summed E-state index contributed by atoms with van der Waals surface area (Å²) in [7, 11) is 0. The second kappa shape index (κ2) is 7.74. The van der Waals surface area contributed by atoms with Gasteiger partial charge in [-0.15, -0.1) is 0 Å². The van der Waals surface area contributed by atoms with E-state index in [1.54, 1.807) is 23.4 Å². The van der Waals surface area contributed by atoms with Gasteiger partial charge in [0.15, 0.2) is 0 Å². The molecule has 0 bridgehead atoms. The third-order valence-corrected chi connectivity index (χ3v) is 5.02. The van der Waals surface area contributed by atoms with Gasteiger partial charge in [0.1, 0.15) is 5.82 Å². The number of nitrogens with one attached hydrogen (secondary N) is 1. The van der Waals surface area contributed by atoms with Gasteiger partial charge >= 0.3 is 6.18 Å². The Kier molecular flexibility index (Phi) is 5.11. The molecule has 30 heavy (non-hydrogen) atoms. The molecule has 1 amide bonds. The van der Waals surface area contributed by atoms with Gasteiger partial charge in [-0.2, -0.15) is 13.2 Å². The van der Waals surface area contributed by atoms with Crippen molar-refractivity contribution in [2.75, 3.05) is 18.4 Å². The van der Waals surface area contributed by atoms with E-state index in [-0.39, 0.29) is 11.9 Å². The molecule has 1 fully saturated rings. The lowest BCUT2D eigenvalue weighted by Gasteiger charge is -2.17. The van der Waals surface area contributed by atoms with Gasteiger partial charge in [0, 0.05) is 48.7 Å². The summed E-state index contributed by atoms with van der Waals surface area (Å²) in [6, 6.07) is 5.94. The number of aromatic nitrogens is 3. The van der Waals surface area contributed by atoms with E-state index in [2.05, 4.69) is 26.8 Å². The molecule has 0 radical (unpaired) electrons. The quantitative estimate of drug-likeness (QED) is 0.657. The minimum absolute atomic E-state index is 0.0276. The van der Waals surface area contributed by atoms with E-state index in [9.17, 15) is 18.0 Å². The first-order valence-corrected chi connectivity index (χ1v) is 9.32. The molecule has 4 rings (SSSR count). The van der Waals surface area contributed by atoms with Crippen LogP contribution in [0.4, 0.5) is 19.0 Å². The topological polar surface area (TPSA) is 71.0 Å². The Morgan fingerprint density at radius 3 is 2.73 bits per heavy atom. The standard InChI is InChI=1S/C21H18F3N5O/c1-2-18(30)29-9-7-14(12-29)28-20-15-4-3-8-25-19(15)16(11-27-20)17-6-5-13(10-26-17)21(22,23)24/h2-6,8,10-11,14H,1,7,9,12H2,(H,27,28)/t14-/m1/s1. The Labute approximate surface area is 170 Å². The first-order valence-electron chi connectivity index (χ1n) is 9.32. The summed E-state index contributed by atoms with van der Waals surface area (Å²) >= 11 is 0. The summed E-state index contributed by atoms with van der Waals surface area (Å²) in [6.45, 7) is 4.68. The van der Waals surface area contributed by atoms with Crippen molar-refractivity contribution in [3.05, 3.63) is 61.1 Å². The average Bonchev–Trinajstić information content (AvgIpc) is 3.21. The van der Waals surface area contributed by atoms with Crippen molar-refractivity contribution in [2.45, 2.75) is 18.6 Å². The van der Waals surface area contributed by atoms with Crippen molar-refractivity contribution in [3.63, 3.8) is 0 Å². The summed E-state index contributed by atoms with van der Waals surface area (Å²) < 4.78 is 38.5. The maximum Gasteiger partial charge on any atom is 0.417 e. The van der Waals surface area contributed by atoms with Gasteiger partial charge in [0.05, 0.1) is 16.8 Å². The maximum absolute atomic E-state index is 12.8. The van der Waals surface area contributed by atoms with Crippen LogP contribution in [-0.4, -0.2) is 44.9 Å². The number of hydrogen-bond donors (Lipinski definition) is 1. The van der Waals surface area contributed by atoms with Crippen molar-refractivity contribution < 1.29 is 18.0 Å². The zero-order chi connectivity index (χ0) is 21.3. The predicted octanol–water partition coefficient (Wildman–Crippen LogP) is 3.91. The zero-order valence-corrected chi connectivity index (χ0v) is 15.9. The van der Waals surface area contributed by atoms with Crippen LogP contribution in [0.1, 0.15) is 12.0 Å². The summed E-state index contributed by atoms with van der Waals surface area (Å²) in [5, 5.41) is 4.08. The monoisotopic (exact) mass is 413 g/mol. The fraction of sp³-hybridized carbons (Fsp3) is 0.238. The van der Waals surface area contributed by atoms with Crippen molar-refractivity contribution >= 4 is 22.6 Å². The number of anilines is 1. The number of nitrogens with zero attached hydrogens (tertiary/aromatic N) is 4. The molecule has 3 aromatic rings. The molecule has 0 aliphatic carbocycles. The number of rotatable bonds is 4. The molecule has 6 nitrogen and oxygen atoms in total. The van der Waals surface area contributed by atoms with Gasteiger partial charge in [-0.3, -0.25) is 14.8 Å². The number of halogens is 3. The normalized spacial score (nSPS) is 16.6. The smallest absolute Gasteiger partial charge is 0.365 e. The van der Waals surface area contributed by atoms with Gasteiger partial charge in [-0.05, 0) is 36.8 Å². The zero-order valence-electron chi connectivity index (χ0n) is 15.9. The number of amides is 1. The Bertz CT molecular complexity index is 1100. The van der Waals surface area contributed by atoms with Crippen LogP contribution in [0.15, 0.2) is 55.5 Å². The molecule has 154 valence electrons. The highest BCUT2D eigenvalue weighted by atomic mass is 19.4. The second-order valence-corrected chi connectivity index (χ2v) is 6.97. The van der Waals surface area contributed by atoms with E-state index in [0.29, 0.717) is 35.7 Å². The van der Waals surface area contributed by atoms with Crippen LogP contribution in [-0.2, 0) is 11.0 Å². The summed E-state index contributed by atoms with van der Waals surface area (Å²) in [6.07, 6.45) is 1.59. The lowest BCUT2D eigenvalue weighted by atomic mass is 10.1. The molecule has 1 atom stereocenters. The third-order valence-electron chi connectivity index (χ3n) is 5.02. The molecule has 1 saturated heterocycles. The molecular weight excluding hydrogens is 395 g/mol. The first-order chi connectivity index (χ1) is 14.4. The number of carbonyl (C=O) groups is 1. The van der Waals surface area contributed by atoms with Crippen molar-refractivity contribution in [3.8, 4) is 11.3 Å². The molecule has 0 aromatic carbocycles. The molecule has 1 N–H and O–H groups in total. The van der Waals surface area contributed by atoms with Crippen LogP contribution < -0.4 is 5.32 Å². The van der Waals surface area contributed by atoms with Gasteiger partial charge in [0.25, 0.3) is 0 Å². The van der Waals surface area contributed by atoms with Crippen molar-refractivity contribution in [1.29, 1.82) is 0 Å². The van der Waals surface area contributed by atoms with E-state index in [1.165, 1.54) is 12.1 Å².